The molecule has 0 unspecified atom stereocenters. The molecule has 152 valence electrons. The fraction of sp³-hybridized carbons (Fsp3) is 0.111. The number of sulfonamides is 1. The number of hydrogen-bond acceptors (Lipinski definition) is 7. The number of hydrogen-bond donors (Lipinski definition) is 3. The van der Waals surface area contributed by atoms with Crippen molar-refractivity contribution in [2.75, 3.05) is 7.11 Å². The van der Waals surface area contributed by atoms with Gasteiger partial charge in [-0.2, -0.15) is 0 Å². The summed E-state index contributed by atoms with van der Waals surface area (Å²) in [5, 5.41) is 14.4. The summed E-state index contributed by atoms with van der Waals surface area (Å²) in [7, 11) is -2.60. The van der Waals surface area contributed by atoms with Crippen LogP contribution in [-0.2, 0) is 21.2 Å². The summed E-state index contributed by atoms with van der Waals surface area (Å²) in [5.74, 6) is -0.281. The van der Waals surface area contributed by atoms with Gasteiger partial charge in [-0.1, -0.05) is 23.7 Å². The third-order valence-corrected chi connectivity index (χ3v) is 5.24. The van der Waals surface area contributed by atoms with Gasteiger partial charge in [-0.15, -0.1) is 0 Å². The van der Waals surface area contributed by atoms with E-state index in [4.69, 9.17) is 31.1 Å². The minimum absolute atomic E-state index is 0.0438. The molecule has 1 amide bonds. The van der Waals surface area contributed by atoms with E-state index in [9.17, 15) is 13.2 Å². The molecule has 0 bridgehead atoms. The molecule has 11 heteroatoms. The van der Waals surface area contributed by atoms with Gasteiger partial charge in [0.25, 0.3) is 5.91 Å². The Hall–Kier alpha value is -2.92. The zero-order valence-corrected chi connectivity index (χ0v) is 16.6. The number of aromatic nitrogens is 1. The standard InChI is InChI=1S/C18H16ClN3O6S/c1-27-13-7-6-10(8-12(13)19)17-18(28-16(21-17)9-15(23)22-24)11-4-2-3-5-14(11)29(20,25)26/h2-8,24H,9H2,1H3,(H,22,23)(H2,20,25,26). The number of carbonyl (C=O) groups excluding carboxylic acids is 1. The summed E-state index contributed by atoms with van der Waals surface area (Å²) in [6.07, 6.45) is -0.370. The number of oxazole rings is 1. The number of nitrogens with two attached hydrogens (primary N) is 1. The lowest BCUT2D eigenvalue weighted by Gasteiger charge is -2.08. The monoisotopic (exact) mass is 437 g/mol. The van der Waals surface area contributed by atoms with Crippen LogP contribution in [0.25, 0.3) is 22.6 Å². The van der Waals surface area contributed by atoms with Crippen LogP contribution in [0.5, 0.6) is 5.75 Å². The van der Waals surface area contributed by atoms with Crippen LogP contribution in [0, 0.1) is 0 Å². The number of nitrogens with one attached hydrogen (secondary N) is 1. The van der Waals surface area contributed by atoms with E-state index in [-0.39, 0.29) is 34.2 Å². The molecule has 29 heavy (non-hydrogen) atoms. The second-order valence-electron chi connectivity index (χ2n) is 5.89. The fourth-order valence-corrected chi connectivity index (χ4v) is 3.70. The van der Waals surface area contributed by atoms with Crippen molar-refractivity contribution < 1.29 is 27.6 Å². The van der Waals surface area contributed by atoms with Crippen LogP contribution in [-0.4, -0.2) is 31.6 Å². The Morgan fingerprint density at radius 1 is 1.31 bits per heavy atom. The van der Waals surface area contributed by atoms with Crippen molar-refractivity contribution in [2.45, 2.75) is 11.3 Å². The molecular weight excluding hydrogens is 422 g/mol. The van der Waals surface area contributed by atoms with Gasteiger partial charge in [-0.25, -0.2) is 24.0 Å². The van der Waals surface area contributed by atoms with Crippen molar-refractivity contribution >= 4 is 27.5 Å². The SMILES string of the molecule is COc1ccc(-c2nc(CC(=O)NO)oc2-c2ccccc2S(N)(=O)=O)cc1Cl. The van der Waals surface area contributed by atoms with E-state index < -0.39 is 15.9 Å². The van der Waals surface area contributed by atoms with E-state index in [0.717, 1.165) is 0 Å². The zero-order valence-electron chi connectivity index (χ0n) is 15.0. The number of methoxy groups -OCH3 is 1. The number of ether oxygens (including phenoxy) is 1. The van der Waals surface area contributed by atoms with E-state index in [1.807, 2.05) is 0 Å². The Balaban J connectivity index is 2.24. The Morgan fingerprint density at radius 3 is 2.66 bits per heavy atom. The highest BCUT2D eigenvalue weighted by Gasteiger charge is 2.24. The third-order valence-electron chi connectivity index (χ3n) is 3.97. The molecule has 0 saturated heterocycles. The second-order valence-corrected chi connectivity index (χ2v) is 7.82. The van der Waals surface area contributed by atoms with Gasteiger partial charge in [-0.3, -0.25) is 10.0 Å². The first kappa shape index (κ1) is 20.8. The molecule has 1 aromatic heterocycles. The maximum absolute atomic E-state index is 12.0. The first-order valence-electron chi connectivity index (χ1n) is 8.13. The summed E-state index contributed by atoms with van der Waals surface area (Å²) in [4.78, 5) is 15.6. The van der Waals surface area contributed by atoms with E-state index in [0.29, 0.717) is 16.3 Å². The van der Waals surface area contributed by atoms with Crippen molar-refractivity contribution in [3.05, 3.63) is 53.4 Å². The number of hydroxylamine groups is 1. The molecule has 0 spiro atoms. The lowest BCUT2D eigenvalue weighted by molar-refractivity contribution is -0.128. The van der Waals surface area contributed by atoms with Crippen molar-refractivity contribution in [1.82, 2.24) is 10.5 Å². The fourth-order valence-electron chi connectivity index (χ4n) is 2.71. The topological polar surface area (TPSA) is 145 Å². The van der Waals surface area contributed by atoms with Gasteiger partial charge >= 0.3 is 0 Å². The maximum Gasteiger partial charge on any atom is 0.252 e. The highest BCUT2D eigenvalue weighted by molar-refractivity contribution is 7.89. The van der Waals surface area contributed by atoms with Crippen molar-refractivity contribution in [2.24, 2.45) is 5.14 Å². The molecule has 0 saturated carbocycles. The molecule has 3 rings (SSSR count). The maximum atomic E-state index is 12.0. The number of nitrogens with zero attached hydrogens (tertiary/aromatic N) is 1. The lowest BCUT2D eigenvalue weighted by atomic mass is 10.1. The highest BCUT2D eigenvalue weighted by Crippen LogP contribution is 2.38. The van der Waals surface area contributed by atoms with E-state index >= 15 is 0 Å². The zero-order chi connectivity index (χ0) is 21.2. The number of halogens is 1. The van der Waals surface area contributed by atoms with E-state index in [1.54, 1.807) is 24.3 Å². The van der Waals surface area contributed by atoms with Crippen molar-refractivity contribution in [3.63, 3.8) is 0 Å². The van der Waals surface area contributed by atoms with Crippen LogP contribution < -0.4 is 15.4 Å². The molecule has 1 heterocycles. The van der Waals surface area contributed by atoms with Gasteiger partial charge in [0, 0.05) is 11.1 Å². The van der Waals surface area contributed by atoms with Gasteiger partial charge in [-0.05, 0) is 30.3 Å². The first-order chi connectivity index (χ1) is 13.7. The predicted octanol–water partition coefficient (Wildman–Crippen LogP) is 2.37. The average Bonchev–Trinajstić information content (AvgIpc) is 3.10. The van der Waals surface area contributed by atoms with Gasteiger partial charge < -0.3 is 9.15 Å². The van der Waals surface area contributed by atoms with Crippen LogP contribution in [0.1, 0.15) is 5.89 Å². The van der Waals surface area contributed by atoms with Crippen LogP contribution in [0.2, 0.25) is 5.02 Å². The number of rotatable bonds is 6. The molecule has 0 fully saturated rings. The van der Waals surface area contributed by atoms with Gasteiger partial charge in [0.2, 0.25) is 15.9 Å². The molecule has 0 atom stereocenters. The van der Waals surface area contributed by atoms with Crippen LogP contribution in [0.15, 0.2) is 51.8 Å². The molecule has 0 aliphatic rings. The molecule has 3 aromatic rings. The van der Waals surface area contributed by atoms with Gasteiger partial charge in [0.05, 0.1) is 17.0 Å². The number of primary sulfonamides is 1. The summed E-state index contributed by atoms with van der Waals surface area (Å²) < 4.78 is 34.9. The number of amides is 1. The summed E-state index contributed by atoms with van der Waals surface area (Å²) in [6.45, 7) is 0. The second kappa shape index (κ2) is 8.21. The first-order valence-corrected chi connectivity index (χ1v) is 10.1. The van der Waals surface area contributed by atoms with Crippen LogP contribution >= 0.6 is 11.6 Å². The van der Waals surface area contributed by atoms with Crippen LogP contribution in [0.4, 0.5) is 0 Å². The minimum atomic E-state index is -4.07. The quantitative estimate of drug-likeness (QED) is 0.396. The molecular formula is C18H16ClN3O6S. The lowest BCUT2D eigenvalue weighted by Crippen LogP contribution is -2.20. The van der Waals surface area contributed by atoms with E-state index in [2.05, 4.69) is 4.98 Å². The minimum Gasteiger partial charge on any atom is -0.495 e. The Bertz CT molecular complexity index is 1180. The molecule has 0 aliphatic carbocycles. The van der Waals surface area contributed by atoms with Crippen molar-refractivity contribution in [3.8, 4) is 28.3 Å². The van der Waals surface area contributed by atoms with E-state index in [1.165, 1.54) is 30.8 Å². The van der Waals surface area contributed by atoms with Crippen LogP contribution in [0.3, 0.4) is 0 Å². The number of carbonyl (C=O) groups is 1. The summed E-state index contributed by atoms with van der Waals surface area (Å²) >= 11 is 6.20. The Kier molecular flexibility index (Phi) is 5.89. The smallest absolute Gasteiger partial charge is 0.252 e. The Morgan fingerprint density at radius 2 is 2.03 bits per heavy atom. The summed E-state index contributed by atoms with van der Waals surface area (Å²) in [5.41, 5.74) is 2.39. The third kappa shape index (κ3) is 4.40. The molecule has 9 nitrogen and oxygen atoms in total. The Labute approximate surface area is 171 Å². The predicted molar refractivity (Wildman–Crippen MR) is 104 cm³/mol. The average molecular weight is 438 g/mol. The summed E-state index contributed by atoms with van der Waals surface area (Å²) in [6, 6.07) is 10.8. The van der Waals surface area contributed by atoms with Gasteiger partial charge in [0.1, 0.15) is 17.9 Å². The largest absolute Gasteiger partial charge is 0.495 e. The van der Waals surface area contributed by atoms with Crippen molar-refractivity contribution in [1.29, 1.82) is 0 Å². The van der Waals surface area contributed by atoms with Gasteiger partial charge in [0.15, 0.2) is 5.76 Å². The molecule has 2 aromatic carbocycles. The molecule has 4 N–H and O–H groups in total. The molecule has 0 aliphatic heterocycles. The molecule has 0 radical (unpaired) electrons. The normalized spacial score (nSPS) is 11.3. The highest BCUT2D eigenvalue weighted by atomic mass is 35.5. The number of benzene rings is 2.